The van der Waals surface area contributed by atoms with Crippen LogP contribution in [0.15, 0.2) is 0 Å². The number of hydrogen-bond acceptors (Lipinski definition) is 5. The number of sulfonamides is 1. The summed E-state index contributed by atoms with van der Waals surface area (Å²) in [6.07, 6.45) is 1.82. The molecule has 118 valence electrons. The van der Waals surface area contributed by atoms with Crippen LogP contribution in [0.4, 0.5) is 0 Å². The molecule has 0 aromatic carbocycles. The number of nitrogens with zero attached hydrogens (tertiary/aromatic N) is 2. The number of morpholine rings is 1. The topological polar surface area (TPSA) is 79.0 Å². The summed E-state index contributed by atoms with van der Waals surface area (Å²) in [5, 5.41) is 2.76. The fourth-order valence-electron chi connectivity index (χ4n) is 2.01. The fraction of sp³-hybridized carbons (Fsp3) is 0.917. The van der Waals surface area contributed by atoms with Gasteiger partial charge in [-0.3, -0.25) is 9.69 Å². The van der Waals surface area contributed by atoms with Crippen molar-refractivity contribution in [3.05, 3.63) is 0 Å². The van der Waals surface area contributed by atoms with E-state index in [4.69, 9.17) is 4.74 Å². The van der Waals surface area contributed by atoms with Crippen molar-refractivity contribution in [3.63, 3.8) is 0 Å². The van der Waals surface area contributed by atoms with Crippen LogP contribution in [0.3, 0.4) is 0 Å². The van der Waals surface area contributed by atoms with E-state index in [2.05, 4.69) is 10.2 Å². The standard InChI is InChI=1S/C12H25N3O4S/c1-3-5-15(20(2,17)18)11-12(16)13-4-6-14-7-9-19-10-8-14/h3-11H2,1-2H3,(H,13,16). The van der Waals surface area contributed by atoms with Gasteiger partial charge in [-0.2, -0.15) is 4.31 Å². The number of amides is 1. The molecule has 0 saturated carbocycles. The number of rotatable bonds is 8. The van der Waals surface area contributed by atoms with E-state index in [0.717, 1.165) is 39.1 Å². The first kappa shape index (κ1) is 17.4. The first-order valence-electron chi connectivity index (χ1n) is 6.95. The molecule has 1 saturated heterocycles. The molecule has 0 atom stereocenters. The smallest absolute Gasteiger partial charge is 0.235 e. The van der Waals surface area contributed by atoms with Gasteiger partial charge in [-0.15, -0.1) is 0 Å². The monoisotopic (exact) mass is 307 g/mol. The largest absolute Gasteiger partial charge is 0.379 e. The van der Waals surface area contributed by atoms with E-state index in [-0.39, 0.29) is 12.5 Å². The van der Waals surface area contributed by atoms with Gasteiger partial charge >= 0.3 is 0 Å². The van der Waals surface area contributed by atoms with Crippen LogP contribution in [0.25, 0.3) is 0 Å². The van der Waals surface area contributed by atoms with Gasteiger partial charge in [0.15, 0.2) is 0 Å². The first-order valence-corrected chi connectivity index (χ1v) is 8.80. The third-order valence-electron chi connectivity index (χ3n) is 3.12. The Morgan fingerprint density at radius 2 is 2.00 bits per heavy atom. The lowest BCUT2D eigenvalue weighted by atomic mass is 10.4. The molecule has 0 aromatic heterocycles. The molecule has 1 aliphatic rings. The Morgan fingerprint density at radius 1 is 1.35 bits per heavy atom. The molecule has 1 aliphatic heterocycles. The van der Waals surface area contributed by atoms with Gasteiger partial charge in [-0.25, -0.2) is 8.42 Å². The highest BCUT2D eigenvalue weighted by Crippen LogP contribution is 1.99. The van der Waals surface area contributed by atoms with Crippen molar-refractivity contribution in [2.24, 2.45) is 0 Å². The first-order chi connectivity index (χ1) is 9.43. The van der Waals surface area contributed by atoms with Crippen molar-refractivity contribution in [1.29, 1.82) is 0 Å². The lowest BCUT2D eigenvalue weighted by molar-refractivity contribution is -0.121. The van der Waals surface area contributed by atoms with Crippen LogP contribution < -0.4 is 5.32 Å². The van der Waals surface area contributed by atoms with Crippen LogP contribution in [-0.2, 0) is 19.6 Å². The van der Waals surface area contributed by atoms with Gasteiger partial charge in [-0.1, -0.05) is 6.92 Å². The average Bonchev–Trinajstić information content (AvgIpc) is 2.38. The van der Waals surface area contributed by atoms with E-state index >= 15 is 0 Å². The molecule has 0 unspecified atom stereocenters. The molecule has 1 fully saturated rings. The highest BCUT2D eigenvalue weighted by Gasteiger charge is 2.19. The molecular formula is C12H25N3O4S. The van der Waals surface area contributed by atoms with Crippen LogP contribution in [-0.4, -0.2) is 82.3 Å². The Kier molecular flexibility index (Phi) is 7.42. The maximum atomic E-state index is 11.8. The summed E-state index contributed by atoms with van der Waals surface area (Å²) >= 11 is 0. The van der Waals surface area contributed by atoms with Crippen molar-refractivity contribution >= 4 is 15.9 Å². The van der Waals surface area contributed by atoms with Gasteiger partial charge in [0.1, 0.15) is 0 Å². The third kappa shape index (κ3) is 6.65. The van der Waals surface area contributed by atoms with Gasteiger partial charge in [-0.05, 0) is 6.42 Å². The lowest BCUT2D eigenvalue weighted by Gasteiger charge is -2.26. The van der Waals surface area contributed by atoms with Crippen molar-refractivity contribution in [3.8, 4) is 0 Å². The predicted molar refractivity (Wildman–Crippen MR) is 77.0 cm³/mol. The molecule has 1 N–H and O–H groups in total. The van der Waals surface area contributed by atoms with Crippen LogP contribution in [0.2, 0.25) is 0 Å². The molecule has 1 rings (SSSR count). The summed E-state index contributed by atoms with van der Waals surface area (Å²) in [6, 6.07) is 0. The fourth-order valence-corrected chi connectivity index (χ4v) is 2.87. The summed E-state index contributed by atoms with van der Waals surface area (Å²) in [5.41, 5.74) is 0. The summed E-state index contributed by atoms with van der Waals surface area (Å²) in [5.74, 6) is -0.253. The second-order valence-electron chi connectivity index (χ2n) is 4.90. The molecular weight excluding hydrogens is 282 g/mol. The molecule has 20 heavy (non-hydrogen) atoms. The Balaban J connectivity index is 2.27. The second-order valence-corrected chi connectivity index (χ2v) is 6.88. The summed E-state index contributed by atoms with van der Waals surface area (Å²) in [4.78, 5) is 14.0. The Morgan fingerprint density at radius 3 is 2.55 bits per heavy atom. The molecule has 0 aromatic rings. The minimum Gasteiger partial charge on any atom is -0.379 e. The van der Waals surface area contributed by atoms with E-state index in [0.29, 0.717) is 19.5 Å². The summed E-state index contributed by atoms with van der Waals surface area (Å²) in [7, 11) is -3.32. The minimum atomic E-state index is -3.32. The zero-order valence-electron chi connectivity index (χ0n) is 12.3. The molecule has 0 aliphatic carbocycles. The second kappa shape index (κ2) is 8.56. The zero-order chi connectivity index (χ0) is 15.0. The zero-order valence-corrected chi connectivity index (χ0v) is 13.1. The molecule has 1 amide bonds. The van der Waals surface area contributed by atoms with E-state index in [9.17, 15) is 13.2 Å². The quantitative estimate of drug-likeness (QED) is 0.629. The van der Waals surface area contributed by atoms with Gasteiger partial charge in [0.25, 0.3) is 0 Å². The molecule has 0 spiro atoms. The van der Waals surface area contributed by atoms with E-state index < -0.39 is 10.0 Å². The molecule has 0 radical (unpaired) electrons. The highest BCUT2D eigenvalue weighted by atomic mass is 32.2. The average molecular weight is 307 g/mol. The number of ether oxygens (including phenoxy) is 1. The van der Waals surface area contributed by atoms with Crippen LogP contribution in [0.1, 0.15) is 13.3 Å². The van der Waals surface area contributed by atoms with E-state index in [1.165, 1.54) is 4.31 Å². The molecule has 7 nitrogen and oxygen atoms in total. The SMILES string of the molecule is CCCN(CC(=O)NCCN1CCOCC1)S(C)(=O)=O. The minimum absolute atomic E-state index is 0.101. The van der Waals surface area contributed by atoms with Crippen molar-refractivity contribution in [1.82, 2.24) is 14.5 Å². The number of nitrogens with one attached hydrogen (secondary N) is 1. The van der Waals surface area contributed by atoms with Crippen LogP contribution >= 0.6 is 0 Å². The Bertz CT molecular complexity index is 394. The molecule has 0 bridgehead atoms. The maximum absolute atomic E-state index is 11.8. The highest BCUT2D eigenvalue weighted by molar-refractivity contribution is 7.88. The Hall–Kier alpha value is -0.700. The third-order valence-corrected chi connectivity index (χ3v) is 4.37. The lowest BCUT2D eigenvalue weighted by Crippen LogP contribution is -2.44. The normalized spacial score (nSPS) is 17.4. The Labute approximate surface area is 121 Å². The summed E-state index contributed by atoms with van der Waals surface area (Å²) in [6.45, 7) is 6.66. The van der Waals surface area contributed by atoms with Crippen molar-refractivity contribution in [2.45, 2.75) is 13.3 Å². The number of hydrogen-bond donors (Lipinski definition) is 1. The van der Waals surface area contributed by atoms with Gasteiger partial charge < -0.3 is 10.1 Å². The van der Waals surface area contributed by atoms with Crippen molar-refractivity contribution < 1.29 is 17.9 Å². The van der Waals surface area contributed by atoms with E-state index in [1.807, 2.05) is 6.92 Å². The molecule has 1 heterocycles. The van der Waals surface area contributed by atoms with Crippen LogP contribution in [0.5, 0.6) is 0 Å². The van der Waals surface area contributed by atoms with Crippen LogP contribution in [0, 0.1) is 0 Å². The van der Waals surface area contributed by atoms with Gasteiger partial charge in [0.05, 0.1) is 26.0 Å². The number of carbonyl (C=O) groups excluding carboxylic acids is 1. The maximum Gasteiger partial charge on any atom is 0.235 e. The predicted octanol–water partition coefficient (Wildman–Crippen LogP) is -0.894. The number of carbonyl (C=O) groups is 1. The van der Waals surface area contributed by atoms with Gasteiger partial charge in [0.2, 0.25) is 15.9 Å². The van der Waals surface area contributed by atoms with E-state index in [1.54, 1.807) is 0 Å². The van der Waals surface area contributed by atoms with Gasteiger partial charge in [0, 0.05) is 32.7 Å². The summed E-state index contributed by atoms with van der Waals surface area (Å²) < 4.78 is 29.5. The molecule has 8 heteroatoms. The van der Waals surface area contributed by atoms with Crippen molar-refractivity contribution in [2.75, 3.05) is 58.7 Å².